The van der Waals surface area contributed by atoms with Gasteiger partial charge >= 0.3 is 0 Å². The van der Waals surface area contributed by atoms with Crippen LogP contribution in [0.3, 0.4) is 0 Å². The van der Waals surface area contributed by atoms with Crippen LogP contribution in [0, 0.1) is 5.82 Å². The molecule has 1 heterocycles. The second-order valence-electron chi connectivity index (χ2n) is 8.21. The Kier molecular flexibility index (Phi) is 6.01. The number of hydrogen-bond donors (Lipinski definition) is 2. The van der Waals surface area contributed by atoms with Crippen molar-refractivity contribution in [1.82, 2.24) is 4.72 Å². The zero-order chi connectivity index (χ0) is 20.7. The van der Waals surface area contributed by atoms with Gasteiger partial charge in [0.1, 0.15) is 10.0 Å². The molecule has 3 rings (SSSR count). The van der Waals surface area contributed by atoms with Crippen molar-refractivity contribution >= 4 is 21.4 Å². The number of sulfonamides is 1. The number of hydrogen-bond acceptors (Lipinski definition) is 4. The van der Waals surface area contributed by atoms with Crippen LogP contribution in [0.1, 0.15) is 74.6 Å². The average molecular weight is 426 g/mol. The molecule has 154 valence electrons. The molecule has 2 N–H and O–H groups in total. The predicted molar refractivity (Wildman–Crippen MR) is 111 cm³/mol. The van der Waals surface area contributed by atoms with Crippen LogP contribution in [0.15, 0.2) is 27.8 Å². The van der Waals surface area contributed by atoms with E-state index in [0.717, 1.165) is 28.0 Å². The SMILES string of the molecule is CC(C)c1cc(F)cc(C(C)C)c1CCNS(=O)(=O)c1cc(C2(O)CC2)cs1. The van der Waals surface area contributed by atoms with Gasteiger partial charge in [-0.05, 0) is 76.9 Å². The van der Waals surface area contributed by atoms with Crippen LogP contribution < -0.4 is 4.72 Å². The normalized spacial score (nSPS) is 16.1. The lowest BCUT2D eigenvalue weighted by molar-refractivity contribution is 0.152. The number of halogens is 1. The molecule has 1 aromatic heterocycles. The van der Waals surface area contributed by atoms with Crippen LogP contribution in [0.25, 0.3) is 0 Å². The summed E-state index contributed by atoms with van der Waals surface area (Å²) in [6.07, 6.45) is 1.86. The topological polar surface area (TPSA) is 66.4 Å². The summed E-state index contributed by atoms with van der Waals surface area (Å²) in [6.45, 7) is 8.31. The number of nitrogens with one attached hydrogen (secondary N) is 1. The fraction of sp³-hybridized carbons (Fsp3) is 0.524. The number of benzene rings is 1. The molecule has 0 aliphatic heterocycles. The minimum Gasteiger partial charge on any atom is -0.385 e. The van der Waals surface area contributed by atoms with Crippen molar-refractivity contribution in [2.24, 2.45) is 0 Å². The Morgan fingerprint density at radius 3 is 2.21 bits per heavy atom. The molecule has 4 nitrogen and oxygen atoms in total. The van der Waals surface area contributed by atoms with Crippen LogP contribution in [0.4, 0.5) is 4.39 Å². The van der Waals surface area contributed by atoms with Crippen LogP contribution in [-0.2, 0) is 22.0 Å². The fourth-order valence-corrected chi connectivity index (χ4v) is 5.84. The molecule has 1 saturated carbocycles. The molecule has 1 aliphatic rings. The first-order valence-electron chi connectivity index (χ1n) is 9.67. The summed E-state index contributed by atoms with van der Waals surface area (Å²) in [5.41, 5.74) is 2.72. The lowest BCUT2D eigenvalue weighted by Crippen LogP contribution is -2.26. The molecular weight excluding hydrogens is 397 g/mol. The molecule has 0 atom stereocenters. The number of thiophene rings is 1. The molecule has 0 amide bonds. The van der Waals surface area contributed by atoms with Gasteiger partial charge in [0.05, 0.1) is 5.60 Å². The number of rotatable bonds is 8. The minimum absolute atomic E-state index is 0.152. The van der Waals surface area contributed by atoms with Gasteiger partial charge in [-0.25, -0.2) is 17.5 Å². The first kappa shape index (κ1) is 21.4. The summed E-state index contributed by atoms with van der Waals surface area (Å²) >= 11 is 1.13. The zero-order valence-corrected chi connectivity index (χ0v) is 18.4. The van der Waals surface area contributed by atoms with Gasteiger partial charge in [-0.2, -0.15) is 0 Å². The molecule has 0 unspecified atom stereocenters. The summed E-state index contributed by atoms with van der Waals surface area (Å²) in [5.74, 6) is 0.0544. The highest BCUT2D eigenvalue weighted by Crippen LogP contribution is 2.47. The van der Waals surface area contributed by atoms with Gasteiger partial charge in [-0.1, -0.05) is 27.7 Å². The van der Waals surface area contributed by atoms with Crippen molar-refractivity contribution in [1.29, 1.82) is 0 Å². The van der Waals surface area contributed by atoms with Gasteiger partial charge in [0.15, 0.2) is 0 Å². The predicted octanol–water partition coefficient (Wildman–Crippen LogP) is 4.64. The van der Waals surface area contributed by atoms with E-state index in [9.17, 15) is 17.9 Å². The molecule has 0 spiro atoms. The molecule has 28 heavy (non-hydrogen) atoms. The van der Waals surface area contributed by atoms with Crippen LogP contribution >= 0.6 is 11.3 Å². The molecule has 1 aromatic carbocycles. The van der Waals surface area contributed by atoms with Crippen molar-refractivity contribution in [3.63, 3.8) is 0 Å². The third kappa shape index (κ3) is 4.48. The molecule has 0 bridgehead atoms. The zero-order valence-electron chi connectivity index (χ0n) is 16.8. The van der Waals surface area contributed by atoms with E-state index in [1.165, 1.54) is 0 Å². The molecule has 7 heteroatoms. The lowest BCUT2D eigenvalue weighted by atomic mass is 9.87. The monoisotopic (exact) mass is 425 g/mol. The Bertz CT molecular complexity index is 931. The van der Waals surface area contributed by atoms with E-state index >= 15 is 0 Å². The highest BCUT2D eigenvalue weighted by molar-refractivity contribution is 7.91. The van der Waals surface area contributed by atoms with E-state index in [2.05, 4.69) is 4.72 Å². The van der Waals surface area contributed by atoms with Gasteiger partial charge in [0.25, 0.3) is 0 Å². The summed E-state index contributed by atoms with van der Waals surface area (Å²) in [4.78, 5) is 0. The summed E-state index contributed by atoms with van der Waals surface area (Å²) in [7, 11) is -3.63. The van der Waals surface area contributed by atoms with Gasteiger partial charge in [0.2, 0.25) is 10.0 Å². The van der Waals surface area contributed by atoms with Crippen LogP contribution in [0.5, 0.6) is 0 Å². The van der Waals surface area contributed by atoms with Crippen molar-refractivity contribution in [2.75, 3.05) is 6.54 Å². The van der Waals surface area contributed by atoms with Gasteiger partial charge < -0.3 is 5.11 Å². The molecule has 0 saturated heterocycles. The Morgan fingerprint density at radius 1 is 1.14 bits per heavy atom. The maximum absolute atomic E-state index is 14.0. The molecule has 2 aromatic rings. The number of aliphatic hydroxyl groups is 1. The van der Waals surface area contributed by atoms with Crippen molar-refractivity contribution < 1.29 is 17.9 Å². The maximum atomic E-state index is 14.0. The van der Waals surface area contributed by atoms with E-state index in [1.807, 2.05) is 27.7 Å². The van der Waals surface area contributed by atoms with E-state index in [1.54, 1.807) is 23.6 Å². The van der Waals surface area contributed by atoms with Crippen LogP contribution in [-0.4, -0.2) is 20.1 Å². The molecule has 0 radical (unpaired) electrons. The van der Waals surface area contributed by atoms with Gasteiger partial charge in [-0.3, -0.25) is 0 Å². The van der Waals surface area contributed by atoms with Crippen LogP contribution in [0.2, 0.25) is 0 Å². The lowest BCUT2D eigenvalue weighted by Gasteiger charge is -2.20. The smallest absolute Gasteiger partial charge is 0.250 e. The van der Waals surface area contributed by atoms with E-state index in [-0.39, 0.29) is 28.4 Å². The van der Waals surface area contributed by atoms with Gasteiger partial charge in [0, 0.05) is 6.54 Å². The highest BCUT2D eigenvalue weighted by Gasteiger charge is 2.43. The first-order chi connectivity index (χ1) is 13.0. The summed E-state index contributed by atoms with van der Waals surface area (Å²) < 4.78 is 42.2. The standard InChI is InChI=1S/C21H28FNO3S2/c1-13(2)18-10-16(22)11-19(14(3)4)17(18)5-8-23-28(25,26)20-9-15(12-27-20)21(24)6-7-21/h9-14,23-24H,5-8H2,1-4H3. The summed E-state index contributed by atoms with van der Waals surface area (Å²) in [5, 5.41) is 11.9. The Hall–Kier alpha value is -1.28. The highest BCUT2D eigenvalue weighted by atomic mass is 32.2. The minimum atomic E-state index is -3.63. The Balaban J connectivity index is 1.76. The largest absolute Gasteiger partial charge is 0.385 e. The Labute approximate surface area is 170 Å². The van der Waals surface area contributed by atoms with E-state index in [4.69, 9.17) is 0 Å². The molecular formula is C21H28FNO3S2. The van der Waals surface area contributed by atoms with Gasteiger partial charge in [-0.15, -0.1) is 11.3 Å². The third-order valence-electron chi connectivity index (χ3n) is 5.30. The van der Waals surface area contributed by atoms with Crippen molar-refractivity contribution in [3.05, 3.63) is 51.7 Å². The third-order valence-corrected chi connectivity index (χ3v) is 8.20. The van der Waals surface area contributed by atoms with Crippen molar-refractivity contribution in [2.45, 2.75) is 68.6 Å². The maximum Gasteiger partial charge on any atom is 0.250 e. The second-order valence-corrected chi connectivity index (χ2v) is 11.1. The first-order valence-corrected chi connectivity index (χ1v) is 12.0. The molecule has 1 aliphatic carbocycles. The molecule has 1 fully saturated rings. The average Bonchev–Trinajstić information content (AvgIpc) is 3.15. The summed E-state index contributed by atoms with van der Waals surface area (Å²) in [6, 6.07) is 4.68. The Morgan fingerprint density at radius 2 is 1.71 bits per heavy atom. The van der Waals surface area contributed by atoms with E-state index in [0.29, 0.717) is 24.8 Å². The van der Waals surface area contributed by atoms with E-state index < -0.39 is 15.6 Å². The van der Waals surface area contributed by atoms with Crippen molar-refractivity contribution in [3.8, 4) is 0 Å². The quantitative estimate of drug-likeness (QED) is 0.648. The second kappa shape index (κ2) is 7.86. The fourth-order valence-electron chi connectivity index (χ4n) is 3.49.